The molecule has 1 aromatic carbocycles. The summed E-state index contributed by atoms with van der Waals surface area (Å²) in [5.74, 6) is 0.237. The molecule has 1 aliphatic heterocycles. The fraction of sp³-hybridized carbons (Fsp3) is 0.458. The summed E-state index contributed by atoms with van der Waals surface area (Å²) >= 11 is 0. The van der Waals surface area contributed by atoms with Crippen LogP contribution in [0.4, 0.5) is 0 Å². The number of amides is 1. The molecule has 0 radical (unpaired) electrons. The van der Waals surface area contributed by atoms with E-state index < -0.39 is 0 Å². The third-order valence-electron chi connectivity index (χ3n) is 6.26. The standard InChI is InChI=1S/C24H31N5O/c1-17-7-5-6-8-21(17)16-27-11-13-28(14-12-27)24(30)10-9-22-19(3)25-23-15-18(2)26-29(23)20(22)4/h5-8,15H,9-14,16H2,1-4H3. The second-order valence-corrected chi connectivity index (χ2v) is 8.40. The van der Waals surface area contributed by atoms with Crippen molar-refractivity contribution in [3.63, 3.8) is 0 Å². The van der Waals surface area contributed by atoms with Crippen LogP contribution in [-0.2, 0) is 17.8 Å². The van der Waals surface area contributed by atoms with Crippen LogP contribution in [0.15, 0.2) is 30.3 Å². The van der Waals surface area contributed by atoms with Crippen LogP contribution in [0, 0.1) is 27.7 Å². The zero-order valence-corrected chi connectivity index (χ0v) is 18.5. The minimum absolute atomic E-state index is 0.237. The molecule has 2 aromatic heterocycles. The molecular formula is C24H31N5O. The van der Waals surface area contributed by atoms with Crippen molar-refractivity contribution in [2.75, 3.05) is 26.2 Å². The number of piperazine rings is 1. The molecular weight excluding hydrogens is 374 g/mol. The lowest BCUT2D eigenvalue weighted by Crippen LogP contribution is -2.48. The number of carbonyl (C=O) groups is 1. The highest BCUT2D eigenvalue weighted by atomic mass is 16.2. The predicted octanol–water partition coefficient (Wildman–Crippen LogP) is 3.24. The summed E-state index contributed by atoms with van der Waals surface area (Å²) in [4.78, 5) is 22.0. The van der Waals surface area contributed by atoms with E-state index in [1.165, 1.54) is 11.1 Å². The van der Waals surface area contributed by atoms with E-state index in [9.17, 15) is 4.79 Å². The molecule has 0 aliphatic carbocycles. The number of nitrogens with zero attached hydrogens (tertiary/aromatic N) is 5. The van der Waals surface area contributed by atoms with E-state index in [0.29, 0.717) is 12.8 Å². The lowest BCUT2D eigenvalue weighted by atomic mass is 10.1. The van der Waals surface area contributed by atoms with Crippen molar-refractivity contribution in [1.29, 1.82) is 0 Å². The molecule has 0 spiro atoms. The quantitative estimate of drug-likeness (QED) is 0.654. The van der Waals surface area contributed by atoms with Gasteiger partial charge in [-0.25, -0.2) is 9.50 Å². The summed E-state index contributed by atoms with van der Waals surface area (Å²) in [5.41, 5.74) is 7.76. The molecule has 3 aromatic rings. The SMILES string of the molecule is Cc1cc2nc(C)c(CCC(=O)N3CCN(Cc4ccccc4C)CC3)c(C)n2n1. The summed E-state index contributed by atoms with van der Waals surface area (Å²) < 4.78 is 1.90. The Morgan fingerprint density at radius 3 is 2.50 bits per heavy atom. The van der Waals surface area contributed by atoms with Crippen LogP contribution in [-0.4, -0.2) is 56.5 Å². The molecule has 0 N–H and O–H groups in total. The van der Waals surface area contributed by atoms with Crippen LogP contribution in [0.25, 0.3) is 5.65 Å². The van der Waals surface area contributed by atoms with Crippen LogP contribution in [0.3, 0.4) is 0 Å². The molecule has 6 heteroatoms. The molecule has 1 aliphatic rings. The van der Waals surface area contributed by atoms with E-state index in [0.717, 1.165) is 61.0 Å². The maximum atomic E-state index is 12.8. The third-order valence-corrected chi connectivity index (χ3v) is 6.26. The first-order chi connectivity index (χ1) is 14.4. The summed E-state index contributed by atoms with van der Waals surface area (Å²) in [6.07, 6.45) is 1.23. The van der Waals surface area contributed by atoms with Gasteiger partial charge in [-0.2, -0.15) is 5.10 Å². The fourth-order valence-corrected chi connectivity index (χ4v) is 4.38. The largest absolute Gasteiger partial charge is 0.340 e. The monoisotopic (exact) mass is 405 g/mol. The average molecular weight is 406 g/mol. The number of aryl methyl sites for hydroxylation is 4. The lowest BCUT2D eigenvalue weighted by molar-refractivity contribution is -0.133. The Labute approximate surface area is 178 Å². The maximum absolute atomic E-state index is 12.8. The molecule has 6 nitrogen and oxygen atoms in total. The van der Waals surface area contributed by atoms with Crippen molar-refractivity contribution in [2.24, 2.45) is 0 Å². The van der Waals surface area contributed by atoms with Gasteiger partial charge in [0.2, 0.25) is 5.91 Å². The summed E-state index contributed by atoms with van der Waals surface area (Å²) in [6.45, 7) is 12.7. The van der Waals surface area contributed by atoms with E-state index in [4.69, 9.17) is 0 Å². The lowest BCUT2D eigenvalue weighted by Gasteiger charge is -2.35. The molecule has 3 heterocycles. The van der Waals surface area contributed by atoms with Gasteiger partial charge in [0, 0.05) is 56.6 Å². The van der Waals surface area contributed by atoms with Gasteiger partial charge in [-0.15, -0.1) is 0 Å². The number of rotatable bonds is 5. The molecule has 0 unspecified atom stereocenters. The number of benzene rings is 1. The first-order valence-corrected chi connectivity index (χ1v) is 10.8. The smallest absolute Gasteiger partial charge is 0.222 e. The maximum Gasteiger partial charge on any atom is 0.222 e. The first kappa shape index (κ1) is 20.5. The van der Waals surface area contributed by atoms with E-state index >= 15 is 0 Å². The Bertz CT molecular complexity index is 1060. The van der Waals surface area contributed by atoms with Crippen molar-refractivity contribution in [1.82, 2.24) is 24.4 Å². The molecule has 1 saturated heterocycles. The highest BCUT2D eigenvalue weighted by molar-refractivity contribution is 5.76. The molecule has 0 atom stereocenters. The highest BCUT2D eigenvalue weighted by Crippen LogP contribution is 2.18. The van der Waals surface area contributed by atoms with Crippen LogP contribution in [0.2, 0.25) is 0 Å². The Hall–Kier alpha value is -2.73. The van der Waals surface area contributed by atoms with Gasteiger partial charge in [0.15, 0.2) is 5.65 Å². The predicted molar refractivity (Wildman–Crippen MR) is 119 cm³/mol. The van der Waals surface area contributed by atoms with Gasteiger partial charge in [0.1, 0.15) is 0 Å². The Morgan fingerprint density at radius 1 is 1.03 bits per heavy atom. The molecule has 0 bridgehead atoms. The second kappa shape index (κ2) is 8.56. The zero-order valence-electron chi connectivity index (χ0n) is 18.5. The highest BCUT2D eigenvalue weighted by Gasteiger charge is 2.22. The van der Waals surface area contributed by atoms with Gasteiger partial charge < -0.3 is 4.90 Å². The van der Waals surface area contributed by atoms with Crippen molar-refractivity contribution in [2.45, 2.75) is 47.1 Å². The number of carbonyl (C=O) groups excluding carboxylic acids is 1. The van der Waals surface area contributed by atoms with Crippen molar-refractivity contribution in [3.05, 3.63) is 64.1 Å². The molecule has 1 fully saturated rings. The molecule has 30 heavy (non-hydrogen) atoms. The van der Waals surface area contributed by atoms with Gasteiger partial charge in [0.05, 0.1) is 5.69 Å². The van der Waals surface area contributed by atoms with Crippen LogP contribution in [0.1, 0.15) is 40.2 Å². The van der Waals surface area contributed by atoms with Crippen molar-refractivity contribution < 1.29 is 4.79 Å². The summed E-state index contributed by atoms with van der Waals surface area (Å²) in [6, 6.07) is 10.5. The first-order valence-electron chi connectivity index (χ1n) is 10.8. The van der Waals surface area contributed by atoms with Crippen LogP contribution in [0.5, 0.6) is 0 Å². The minimum Gasteiger partial charge on any atom is -0.340 e. The van der Waals surface area contributed by atoms with Crippen LogP contribution < -0.4 is 0 Å². The molecule has 0 saturated carbocycles. The average Bonchev–Trinajstić information content (AvgIpc) is 3.10. The Balaban J connectivity index is 1.33. The van der Waals surface area contributed by atoms with E-state index in [2.05, 4.69) is 53.1 Å². The van der Waals surface area contributed by atoms with Gasteiger partial charge >= 0.3 is 0 Å². The number of aromatic nitrogens is 3. The topological polar surface area (TPSA) is 53.7 Å². The Morgan fingerprint density at radius 2 is 1.77 bits per heavy atom. The van der Waals surface area contributed by atoms with E-state index in [1.54, 1.807) is 0 Å². The van der Waals surface area contributed by atoms with Gasteiger partial charge in [-0.3, -0.25) is 9.69 Å². The fourth-order valence-electron chi connectivity index (χ4n) is 4.38. The van der Waals surface area contributed by atoms with E-state index in [-0.39, 0.29) is 5.91 Å². The molecule has 4 rings (SSSR count). The number of hydrogen-bond acceptors (Lipinski definition) is 4. The second-order valence-electron chi connectivity index (χ2n) is 8.40. The minimum atomic E-state index is 0.237. The molecule has 158 valence electrons. The summed E-state index contributed by atoms with van der Waals surface area (Å²) in [7, 11) is 0. The summed E-state index contributed by atoms with van der Waals surface area (Å²) in [5, 5.41) is 4.53. The normalized spacial score (nSPS) is 15.1. The van der Waals surface area contributed by atoms with Crippen LogP contribution >= 0.6 is 0 Å². The van der Waals surface area contributed by atoms with E-state index in [1.807, 2.05) is 29.3 Å². The van der Waals surface area contributed by atoms with Gasteiger partial charge in [-0.05, 0) is 50.8 Å². The van der Waals surface area contributed by atoms with Crippen molar-refractivity contribution >= 4 is 11.6 Å². The van der Waals surface area contributed by atoms with Crippen molar-refractivity contribution in [3.8, 4) is 0 Å². The number of fused-ring (bicyclic) bond motifs is 1. The number of hydrogen-bond donors (Lipinski definition) is 0. The van der Waals surface area contributed by atoms with Gasteiger partial charge in [0.25, 0.3) is 0 Å². The molecule has 1 amide bonds. The van der Waals surface area contributed by atoms with Gasteiger partial charge in [-0.1, -0.05) is 24.3 Å². The zero-order chi connectivity index (χ0) is 21.3. The Kier molecular flexibility index (Phi) is 5.86. The third kappa shape index (κ3) is 4.24.